The normalized spacial score (nSPS) is 11.6. The lowest BCUT2D eigenvalue weighted by molar-refractivity contribution is -0.118. The minimum atomic E-state index is -0.667. The zero-order chi connectivity index (χ0) is 20.0. The second-order valence-electron chi connectivity index (χ2n) is 6.01. The molecule has 1 atom stereocenters. The Hall–Kier alpha value is -2.73. The molecule has 2 aromatic carbocycles. The summed E-state index contributed by atoms with van der Waals surface area (Å²) in [6.07, 6.45) is 0.375. The predicted molar refractivity (Wildman–Crippen MR) is 102 cm³/mol. The first-order valence-electron chi connectivity index (χ1n) is 8.25. The third-order valence-corrected chi connectivity index (χ3v) is 4.34. The average molecular weight is 393 g/mol. The number of hydrogen-bond acceptors (Lipinski definition) is 2. The summed E-state index contributed by atoms with van der Waals surface area (Å²) in [5, 5.41) is 5.27. The largest absolute Gasteiger partial charge is 0.352 e. The Morgan fingerprint density at radius 2 is 1.81 bits per heavy atom. The first-order chi connectivity index (χ1) is 12.8. The van der Waals surface area contributed by atoms with Crippen molar-refractivity contribution in [2.24, 2.45) is 5.92 Å². The van der Waals surface area contributed by atoms with E-state index >= 15 is 0 Å². The molecule has 4 nitrogen and oxygen atoms in total. The fourth-order valence-electron chi connectivity index (χ4n) is 2.26. The van der Waals surface area contributed by atoms with Gasteiger partial charge in [-0.25, -0.2) is 8.78 Å². The van der Waals surface area contributed by atoms with Crippen molar-refractivity contribution >= 4 is 29.1 Å². The zero-order valence-electron chi connectivity index (χ0n) is 14.7. The zero-order valence-corrected chi connectivity index (χ0v) is 15.4. The molecule has 0 heterocycles. The Morgan fingerprint density at radius 3 is 2.44 bits per heavy atom. The maximum absolute atomic E-state index is 13.4. The van der Waals surface area contributed by atoms with E-state index in [1.165, 1.54) is 36.4 Å². The van der Waals surface area contributed by atoms with E-state index < -0.39 is 17.6 Å². The molecule has 0 aliphatic heterocycles. The van der Waals surface area contributed by atoms with Crippen molar-refractivity contribution in [1.82, 2.24) is 5.32 Å². The highest BCUT2D eigenvalue weighted by atomic mass is 35.5. The molecule has 0 radical (unpaired) electrons. The van der Waals surface area contributed by atoms with Crippen molar-refractivity contribution in [2.75, 3.05) is 11.9 Å². The standard InChI is InChI=1S/C20H19ClF2N2O2/c1-12(13(2)19(26)25-16-6-4-15(22)5-7-16)9-10-24-20(27)14-3-8-17(21)18(23)11-14/h3-8,11,13H,1,9-10H2,2H3,(H,24,27)(H,25,26)/t13-/m0/s1. The lowest BCUT2D eigenvalue weighted by Crippen LogP contribution is -2.27. The number of nitrogens with one attached hydrogen (secondary N) is 2. The van der Waals surface area contributed by atoms with Crippen molar-refractivity contribution in [2.45, 2.75) is 13.3 Å². The number of benzene rings is 2. The van der Waals surface area contributed by atoms with Crippen LogP contribution >= 0.6 is 11.6 Å². The van der Waals surface area contributed by atoms with E-state index in [0.29, 0.717) is 17.7 Å². The van der Waals surface area contributed by atoms with Gasteiger partial charge < -0.3 is 10.6 Å². The summed E-state index contributed by atoms with van der Waals surface area (Å²) in [6, 6.07) is 9.24. The summed E-state index contributed by atoms with van der Waals surface area (Å²) in [7, 11) is 0. The van der Waals surface area contributed by atoms with Gasteiger partial charge >= 0.3 is 0 Å². The van der Waals surface area contributed by atoms with Crippen LogP contribution in [0.25, 0.3) is 0 Å². The van der Waals surface area contributed by atoms with Gasteiger partial charge in [-0.3, -0.25) is 9.59 Å². The van der Waals surface area contributed by atoms with Crippen LogP contribution in [0.15, 0.2) is 54.6 Å². The smallest absolute Gasteiger partial charge is 0.251 e. The van der Waals surface area contributed by atoms with E-state index in [1.807, 2.05) is 0 Å². The molecular weight excluding hydrogens is 374 g/mol. The summed E-state index contributed by atoms with van der Waals surface area (Å²) in [5.41, 5.74) is 1.26. The van der Waals surface area contributed by atoms with Crippen molar-refractivity contribution in [1.29, 1.82) is 0 Å². The van der Waals surface area contributed by atoms with Crippen molar-refractivity contribution in [3.63, 3.8) is 0 Å². The molecule has 2 aromatic rings. The fraction of sp³-hybridized carbons (Fsp3) is 0.200. The van der Waals surface area contributed by atoms with E-state index in [4.69, 9.17) is 11.6 Å². The highest BCUT2D eigenvalue weighted by Crippen LogP contribution is 2.17. The first-order valence-corrected chi connectivity index (χ1v) is 8.63. The van der Waals surface area contributed by atoms with Crippen LogP contribution in [0.4, 0.5) is 14.5 Å². The molecule has 142 valence electrons. The van der Waals surface area contributed by atoms with E-state index in [0.717, 1.165) is 6.07 Å². The second-order valence-corrected chi connectivity index (χ2v) is 6.42. The van der Waals surface area contributed by atoms with Crippen LogP contribution in [-0.4, -0.2) is 18.4 Å². The Kier molecular flexibility index (Phi) is 7.07. The van der Waals surface area contributed by atoms with Gasteiger partial charge in [0.1, 0.15) is 11.6 Å². The summed E-state index contributed by atoms with van der Waals surface area (Å²) in [6.45, 7) is 5.82. The molecule has 2 N–H and O–H groups in total. The summed E-state index contributed by atoms with van der Waals surface area (Å²) in [5.74, 6) is -2.28. The monoisotopic (exact) mass is 392 g/mol. The van der Waals surface area contributed by atoms with Crippen LogP contribution in [0.5, 0.6) is 0 Å². The molecule has 0 aliphatic carbocycles. The van der Waals surface area contributed by atoms with E-state index in [2.05, 4.69) is 17.2 Å². The van der Waals surface area contributed by atoms with Gasteiger partial charge in [0.25, 0.3) is 5.91 Å². The minimum Gasteiger partial charge on any atom is -0.352 e. The average Bonchev–Trinajstić information content (AvgIpc) is 2.64. The molecule has 2 amide bonds. The van der Waals surface area contributed by atoms with Gasteiger partial charge in [-0.1, -0.05) is 23.8 Å². The van der Waals surface area contributed by atoms with Gasteiger partial charge in [0.2, 0.25) is 5.91 Å². The molecule has 0 unspecified atom stereocenters. The maximum Gasteiger partial charge on any atom is 0.251 e. The number of anilines is 1. The quantitative estimate of drug-likeness (QED) is 0.678. The van der Waals surface area contributed by atoms with Gasteiger partial charge in [0.05, 0.1) is 10.9 Å². The minimum absolute atomic E-state index is 0.0547. The number of hydrogen-bond donors (Lipinski definition) is 2. The van der Waals surface area contributed by atoms with Crippen LogP contribution in [0, 0.1) is 17.6 Å². The summed E-state index contributed by atoms with van der Waals surface area (Å²) < 4.78 is 26.3. The van der Waals surface area contributed by atoms with Crippen LogP contribution in [-0.2, 0) is 4.79 Å². The van der Waals surface area contributed by atoms with Crippen molar-refractivity contribution in [3.05, 3.63) is 76.8 Å². The van der Waals surface area contributed by atoms with Gasteiger partial charge in [-0.2, -0.15) is 0 Å². The molecule has 0 aliphatic rings. The lowest BCUT2D eigenvalue weighted by Gasteiger charge is -2.15. The molecule has 7 heteroatoms. The molecule has 0 saturated carbocycles. The molecule has 0 aromatic heterocycles. The third-order valence-electron chi connectivity index (χ3n) is 4.03. The Bertz CT molecular complexity index is 854. The molecule has 0 fully saturated rings. The first kappa shape index (κ1) is 20.6. The molecule has 0 saturated heterocycles. The van der Waals surface area contributed by atoms with Gasteiger partial charge in [0.15, 0.2) is 0 Å². The number of amides is 2. The van der Waals surface area contributed by atoms with Crippen molar-refractivity contribution in [3.8, 4) is 0 Å². The van der Waals surface area contributed by atoms with E-state index in [1.54, 1.807) is 6.92 Å². The molecule has 0 spiro atoms. The topological polar surface area (TPSA) is 58.2 Å². The van der Waals surface area contributed by atoms with Gasteiger partial charge in [-0.05, 0) is 55.8 Å². The fourth-order valence-corrected chi connectivity index (χ4v) is 2.38. The highest BCUT2D eigenvalue weighted by molar-refractivity contribution is 6.30. The second kappa shape index (κ2) is 9.28. The number of carbonyl (C=O) groups is 2. The number of carbonyl (C=O) groups excluding carboxylic acids is 2. The van der Waals surface area contributed by atoms with E-state index in [9.17, 15) is 18.4 Å². The molecule has 0 bridgehead atoms. The maximum atomic E-state index is 13.4. The number of rotatable bonds is 7. The van der Waals surface area contributed by atoms with Gasteiger partial charge in [0, 0.05) is 17.8 Å². The predicted octanol–water partition coefficient (Wildman–Crippen LogP) is 4.57. The summed E-state index contributed by atoms with van der Waals surface area (Å²) in [4.78, 5) is 24.2. The van der Waals surface area contributed by atoms with E-state index in [-0.39, 0.29) is 28.9 Å². The number of halogens is 3. The highest BCUT2D eigenvalue weighted by Gasteiger charge is 2.17. The van der Waals surface area contributed by atoms with Crippen LogP contribution in [0.1, 0.15) is 23.7 Å². The lowest BCUT2D eigenvalue weighted by atomic mass is 9.98. The van der Waals surface area contributed by atoms with Crippen molar-refractivity contribution < 1.29 is 18.4 Å². The Morgan fingerprint density at radius 1 is 1.15 bits per heavy atom. The van der Waals surface area contributed by atoms with Gasteiger partial charge in [-0.15, -0.1) is 0 Å². The molecule has 2 rings (SSSR count). The summed E-state index contributed by atoms with van der Waals surface area (Å²) >= 11 is 5.59. The van der Waals surface area contributed by atoms with Crippen LogP contribution in [0.3, 0.4) is 0 Å². The Balaban J connectivity index is 1.81. The third kappa shape index (κ3) is 5.89. The Labute approximate surface area is 161 Å². The molecule has 27 heavy (non-hydrogen) atoms. The van der Waals surface area contributed by atoms with Crippen LogP contribution in [0.2, 0.25) is 5.02 Å². The molecular formula is C20H19ClF2N2O2. The van der Waals surface area contributed by atoms with Crippen LogP contribution < -0.4 is 10.6 Å². The SMILES string of the molecule is C=C(CCNC(=O)c1ccc(Cl)c(F)c1)[C@H](C)C(=O)Nc1ccc(F)cc1.